The summed E-state index contributed by atoms with van der Waals surface area (Å²) in [6.07, 6.45) is 18.0. The van der Waals surface area contributed by atoms with Gasteiger partial charge in [-0.05, 0) is 262 Å². The van der Waals surface area contributed by atoms with Crippen LogP contribution in [0.3, 0.4) is 0 Å². The van der Waals surface area contributed by atoms with Crippen LogP contribution in [0.25, 0.3) is 76.1 Å². The van der Waals surface area contributed by atoms with Gasteiger partial charge >= 0.3 is 0 Å². The number of piperidine rings is 1. The number of anilines is 14. The van der Waals surface area contributed by atoms with Gasteiger partial charge in [0.1, 0.15) is 29.1 Å². The van der Waals surface area contributed by atoms with Crippen LogP contribution >= 0.6 is 0 Å². The van der Waals surface area contributed by atoms with E-state index in [4.69, 9.17) is 59.7 Å². The summed E-state index contributed by atoms with van der Waals surface area (Å²) in [6.45, 7) is 15.6. The van der Waals surface area contributed by atoms with Gasteiger partial charge in [-0.2, -0.15) is 26.3 Å². The molecule has 34 nitrogen and oxygen atoms in total. The van der Waals surface area contributed by atoms with Crippen molar-refractivity contribution in [3.63, 3.8) is 0 Å². The van der Waals surface area contributed by atoms with E-state index in [2.05, 4.69) is 93.7 Å². The number of carbonyl (C=O) groups excluding carboxylic acids is 9. The van der Waals surface area contributed by atoms with E-state index in [0.717, 1.165) is 124 Å². The van der Waals surface area contributed by atoms with Crippen molar-refractivity contribution in [2.24, 2.45) is 59.2 Å². The molecule has 4 aliphatic heterocycles. The second-order valence-electron chi connectivity index (χ2n) is 37.1. The Bertz CT molecular complexity index is 7600. The Hall–Kier alpha value is -17.5. The SMILES string of the molecule is C=C1Nc2cc(C)c(-c3cc(N)c4cnc(NC(=O)[C@H]5C[C@@H]5C#N)cc4c3)cc2O1.CC1=CCC(=O)N1c1cc(N)c2cnc(NC(=O)[C@@H]3C[C@H]3C#N)cc2c1.CC1CCCC(=O)N1c1cc(N)c2cnc(NC(=O)[C@H]3C[C@@H]3C#N)cc2c1.CCCC(=O)c1ccc(-c2cc(N)c3cnc(NC(=O)[C@H]4C[C@@H]4C#N)cc3c2)c(C)c1.C[C@H]1CCC(=O)N1c1cc2cc(NC(=O)[C@@H]3C[C@H]3C#N)ncc2c(N)c1F. The van der Waals surface area contributed by atoms with Gasteiger partial charge in [-0.25, -0.2) is 29.3 Å². The molecule has 141 heavy (non-hydrogen) atoms. The molecule has 0 bridgehead atoms. The fraction of sp³-hybridized carbons (Fsp3) is 0.292. The fourth-order valence-corrected chi connectivity index (χ4v) is 18.3. The monoisotopic (exact) mass is 1890 g/mol. The zero-order chi connectivity index (χ0) is 100.0. The molecule has 5 saturated carbocycles. The highest BCUT2D eigenvalue weighted by molar-refractivity contribution is 6.10. The molecule has 16 N–H and O–H groups in total. The summed E-state index contributed by atoms with van der Waals surface area (Å²) in [5.41, 5.74) is 43.1. The largest absolute Gasteiger partial charge is 0.439 e. The molecule has 7 fully saturated rings. The van der Waals surface area contributed by atoms with Crippen LogP contribution in [0.4, 0.5) is 84.7 Å². The van der Waals surface area contributed by atoms with Gasteiger partial charge in [-0.1, -0.05) is 25.1 Å². The zero-order valence-corrected chi connectivity index (χ0v) is 77.9. The number of nitrogens with one attached hydrogen (secondary N) is 6. The number of pyridine rings is 5. The summed E-state index contributed by atoms with van der Waals surface area (Å²) in [7, 11) is 0. The Morgan fingerprint density at radius 1 is 0.475 bits per heavy atom. The number of rotatable bonds is 18. The summed E-state index contributed by atoms with van der Waals surface area (Å²) < 4.78 is 20.4. The molecule has 0 radical (unpaired) electrons. The second-order valence-corrected chi connectivity index (χ2v) is 37.1. The van der Waals surface area contributed by atoms with Crippen molar-refractivity contribution < 1.29 is 52.3 Å². The topological polar surface area (TPSA) is 558 Å². The first-order valence-corrected chi connectivity index (χ1v) is 46.4. The molecular weight excluding hydrogens is 1790 g/mol. The molecule has 1 unspecified atom stereocenters. The van der Waals surface area contributed by atoms with Crippen molar-refractivity contribution in [1.29, 1.82) is 26.3 Å². The first-order valence-electron chi connectivity index (χ1n) is 46.4. The van der Waals surface area contributed by atoms with Gasteiger partial charge in [0.25, 0.3) is 0 Å². The van der Waals surface area contributed by atoms with Crippen molar-refractivity contribution in [3.05, 3.63) is 193 Å². The number of fused-ring (bicyclic) bond motifs is 6. The average molecular weight is 1890 g/mol. The summed E-state index contributed by atoms with van der Waals surface area (Å²) in [4.78, 5) is 136. The number of halogens is 1. The number of nitrogen functional groups attached to an aromatic ring is 5. The number of allylic oxidation sites excluding steroid dienone is 1. The lowest BCUT2D eigenvalue weighted by Crippen LogP contribution is -2.42. The van der Waals surface area contributed by atoms with Gasteiger partial charge in [0.05, 0.1) is 112 Å². The van der Waals surface area contributed by atoms with Gasteiger partial charge in [0, 0.05) is 135 Å². The predicted molar refractivity (Wildman–Crippen MR) is 536 cm³/mol. The molecule has 9 heterocycles. The Morgan fingerprint density at radius 3 is 1.28 bits per heavy atom. The number of aryl methyl sites for hydroxylation is 2. The van der Waals surface area contributed by atoms with Crippen molar-refractivity contribution in [2.75, 3.05) is 75.3 Å². The van der Waals surface area contributed by atoms with Gasteiger partial charge in [0.2, 0.25) is 47.3 Å². The number of ether oxygens (including phenoxy) is 1. The third-order valence-electron chi connectivity index (χ3n) is 26.8. The van der Waals surface area contributed by atoms with Crippen molar-refractivity contribution >= 4 is 187 Å². The number of hydrogen-bond donors (Lipinski definition) is 11. The summed E-state index contributed by atoms with van der Waals surface area (Å²) in [6, 6.07) is 45.7. The number of Topliss-reactive ketones (excluding diaryl/α,β-unsaturated/α-hetero) is 1. The molecule has 21 rings (SSSR count). The number of nitriles is 5. The molecular formula is C106H99FN24O10. The van der Waals surface area contributed by atoms with Crippen LogP contribution in [0.2, 0.25) is 0 Å². The summed E-state index contributed by atoms with van der Waals surface area (Å²) in [5, 5.41) is 68.8. The van der Waals surface area contributed by atoms with Crippen molar-refractivity contribution in [1.82, 2.24) is 24.9 Å². The molecule has 35 heteroatoms. The highest BCUT2D eigenvalue weighted by Gasteiger charge is 2.47. The van der Waals surface area contributed by atoms with Crippen LogP contribution in [-0.2, 0) is 38.4 Å². The maximum absolute atomic E-state index is 14.8. The van der Waals surface area contributed by atoms with Crippen LogP contribution in [0.5, 0.6) is 5.75 Å². The van der Waals surface area contributed by atoms with Gasteiger partial charge in [-0.3, -0.25) is 48.1 Å². The van der Waals surface area contributed by atoms with E-state index < -0.39 is 5.82 Å². The number of hydrogen-bond acceptors (Lipinski definition) is 26. The molecule has 7 aromatic carbocycles. The van der Waals surface area contributed by atoms with Crippen LogP contribution < -0.4 is 80.0 Å². The third kappa shape index (κ3) is 20.4. The highest BCUT2D eigenvalue weighted by Crippen LogP contribution is 2.47. The minimum atomic E-state index is -0.641. The summed E-state index contributed by atoms with van der Waals surface area (Å²) >= 11 is 0. The van der Waals surface area contributed by atoms with Gasteiger partial charge in [-0.15, -0.1) is 0 Å². The van der Waals surface area contributed by atoms with E-state index in [1.165, 1.54) is 11.1 Å². The maximum Gasteiger partial charge on any atom is 0.235 e. The Labute approximate surface area is 809 Å². The highest BCUT2D eigenvalue weighted by atomic mass is 19.1. The molecule has 0 spiro atoms. The lowest BCUT2D eigenvalue weighted by molar-refractivity contribution is -0.120. The molecule has 12 atom stereocenters. The number of ketones is 1. The molecule has 9 aliphatic rings. The lowest BCUT2D eigenvalue weighted by Gasteiger charge is -2.33. The minimum absolute atomic E-state index is 0.000103. The normalized spacial score (nSPS) is 21.1. The van der Waals surface area contributed by atoms with E-state index in [0.29, 0.717) is 138 Å². The molecule has 8 amide bonds. The molecule has 5 aliphatic carbocycles. The standard InChI is InChI=1S/C25H24N4O2.C23H19N5O2.C20H21N5O2.C19H18FN5O2.C19H17N5O2/c1-3-4-23(30)15-5-6-19(14(2)7-15)16-8-17-11-24(28-13-21(17)22(27)10-16)29-25(31)20-9-18(20)12-26;1-11-3-20-21(30-12(2)27-20)8-16(11)13-4-14-7-22(26-10-18(14)19(25)6-13)28-23(29)17-5-15(17)9-24;1-11-3-2-4-19(26)25(11)14-5-12-7-18(23-10-16(12)17(22)8-14)24-20(27)15-6-13(15)9-21;1-9-2-3-16(26)25(9)14-5-10-6-15(23-8-13(10)18(22)17(14)20)24-19(27)12-4-11(12)7-21;1-10-2-3-18(25)24(10)13-4-11-6-17(22-9-15(11)16(21)7-13)23-19(26)14-5-12(14)8-20/h5-8,10-11,13,18,20H,3-4,9,27H2,1-2H3,(H,28,29,31);3-4,6-8,10,15,17,27H,2,5,25H2,1H3,(H,26,28,29);5,7-8,10-11,13,15H,2-4,6,22H2,1H3,(H,23,24,27);5-6,8-9,11-12H,2-4,22H2,1H3,(H,23,24,27);2,4,6-7,9,12,14H,3,5,21H2,1H3,(H,22,23,26)/t18-,20+;15-,17+;11?,13-,15+;9-,11-,12+;12-,14+/m11100/s1. The summed E-state index contributed by atoms with van der Waals surface area (Å²) in [5.74, 6) is -0.634. The molecule has 710 valence electrons. The first kappa shape index (κ1) is 95.2. The number of aromatic nitrogens is 5. The van der Waals surface area contributed by atoms with Crippen LogP contribution in [0.1, 0.15) is 133 Å². The maximum atomic E-state index is 14.8. The van der Waals surface area contributed by atoms with E-state index in [-0.39, 0.29) is 136 Å². The lowest BCUT2D eigenvalue weighted by atomic mass is 9.94. The Balaban J connectivity index is 0.000000122. The quantitative estimate of drug-likeness (QED) is 0.0281. The van der Waals surface area contributed by atoms with Crippen LogP contribution in [0, 0.1) is 135 Å². The molecule has 12 aromatic rings. The number of benzene rings is 7. The van der Waals surface area contributed by atoms with Crippen LogP contribution in [0.15, 0.2) is 170 Å². The molecule has 5 aromatic heterocycles. The average Bonchev–Trinajstić information content (AvgIpc) is 1.74. The number of amides is 8. The predicted octanol–water partition coefficient (Wildman–Crippen LogP) is 17.0. The van der Waals surface area contributed by atoms with Crippen LogP contribution in [-0.4, -0.2) is 90.0 Å². The first-order chi connectivity index (χ1) is 67.7. The van der Waals surface area contributed by atoms with Gasteiger partial charge < -0.3 is 75.1 Å². The van der Waals surface area contributed by atoms with E-state index in [9.17, 15) is 47.5 Å². The fourth-order valence-electron chi connectivity index (χ4n) is 18.3. The third-order valence-corrected chi connectivity index (χ3v) is 26.8. The van der Waals surface area contributed by atoms with Crippen molar-refractivity contribution in [2.45, 2.75) is 137 Å². The minimum Gasteiger partial charge on any atom is -0.439 e. The Kier molecular flexibility index (Phi) is 26.5. The van der Waals surface area contributed by atoms with E-state index in [1.807, 2.05) is 120 Å². The van der Waals surface area contributed by atoms with E-state index in [1.54, 1.807) is 77.1 Å². The van der Waals surface area contributed by atoms with Crippen molar-refractivity contribution in [3.8, 4) is 58.3 Å². The number of nitrogens with two attached hydrogens (primary N) is 5. The Morgan fingerprint density at radius 2 is 0.872 bits per heavy atom. The number of nitrogens with zero attached hydrogens (tertiary/aromatic N) is 13. The number of carbonyl (C=O) groups is 9. The zero-order valence-electron chi connectivity index (χ0n) is 77.9. The molecule has 2 saturated heterocycles. The van der Waals surface area contributed by atoms with Gasteiger partial charge in [0.15, 0.2) is 23.2 Å². The smallest absolute Gasteiger partial charge is 0.235 e. The van der Waals surface area contributed by atoms with E-state index >= 15 is 0 Å². The second kappa shape index (κ2) is 39.3.